The molecular weight excluding hydrogens is 368 g/mol. The van der Waals surface area contributed by atoms with Gasteiger partial charge in [0.25, 0.3) is 0 Å². The summed E-state index contributed by atoms with van der Waals surface area (Å²) in [6.07, 6.45) is 2.72. The normalized spacial score (nSPS) is 12.5. The van der Waals surface area contributed by atoms with Gasteiger partial charge in [0.15, 0.2) is 5.75 Å². The van der Waals surface area contributed by atoms with Crippen molar-refractivity contribution in [2.75, 3.05) is 7.11 Å². The Morgan fingerprint density at radius 2 is 1.52 bits per heavy atom. The highest BCUT2D eigenvalue weighted by atomic mass is 28.4. The van der Waals surface area contributed by atoms with Gasteiger partial charge in [-0.25, -0.2) is 0 Å². The first kappa shape index (κ1) is 24.0. The van der Waals surface area contributed by atoms with Crippen molar-refractivity contribution < 1.29 is 13.3 Å². The molecule has 0 unspecified atom stereocenters. The Balaban J connectivity index is 3.35. The first-order valence-corrected chi connectivity index (χ1v) is 13.6. The lowest BCUT2D eigenvalue weighted by Gasteiger charge is -2.42. The molecule has 1 rings (SSSR count). The Labute approximate surface area is 170 Å². The van der Waals surface area contributed by atoms with E-state index >= 15 is 0 Å². The van der Waals surface area contributed by atoms with Crippen molar-refractivity contribution in [3.05, 3.63) is 36.4 Å². The summed E-state index contributed by atoms with van der Waals surface area (Å²) in [7, 11) is -1.81. The van der Waals surface area contributed by atoms with Gasteiger partial charge in [0, 0.05) is 11.1 Å². The van der Waals surface area contributed by atoms with Gasteiger partial charge in [-0.2, -0.15) is 0 Å². The molecule has 1 aromatic rings. The lowest BCUT2D eigenvalue weighted by atomic mass is 10.1. The Morgan fingerprint density at radius 3 is 1.93 bits per heavy atom. The first-order chi connectivity index (χ1) is 12.6. The van der Waals surface area contributed by atoms with Crippen molar-refractivity contribution in [2.45, 2.75) is 84.0 Å². The van der Waals surface area contributed by atoms with E-state index in [-0.39, 0.29) is 0 Å². The first-order valence-electron chi connectivity index (χ1n) is 10.1. The van der Waals surface area contributed by atoms with Gasteiger partial charge >= 0.3 is 8.56 Å². The molecule has 0 aliphatic rings. The molecule has 0 heterocycles. The van der Waals surface area contributed by atoms with Crippen LogP contribution in [0.1, 0.15) is 61.0 Å². The zero-order valence-electron chi connectivity index (χ0n) is 18.8. The van der Waals surface area contributed by atoms with E-state index in [0.717, 1.165) is 17.9 Å². The number of hydrogen-bond acceptors (Lipinski definition) is 3. The maximum Gasteiger partial charge on any atom is 0.393 e. The standard InChI is InChI=1S/C22H39O3Si2/c1-11-12-20-13-14-21(22(15-20)23-10)24-27(18(6)7,19(8)9)25-26(16(2)3)17(4)5/h11,13-19H,1,12H2,2-10H3. The van der Waals surface area contributed by atoms with E-state index in [1.165, 1.54) is 5.56 Å². The zero-order chi connectivity index (χ0) is 20.8. The van der Waals surface area contributed by atoms with Crippen molar-refractivity contribution in [2.24, 2.45) is 0 Å². The molecular formula is C22H39O3Si2. The minimum atomic E-state index is -2.52. The fourth-order valence-corrected chi connectivity index (χ4v) is 12.6. The smallest absolute Gasteiger partial charge is 0.393 e. The largest absolute Gasteiger partial charge is 0.517 e. The molecule has 5 heteroatoms. The minimum Gasteiger partial charge on any atom is -0.517 e. The number of allylic oxidation sites excluding steroid dienone is 1. The van der Waals surface area contributed by atoms with Gasteiger partial charge in [-0.15, -0.1) is 6.58 Å². The third-order valence-electron chi connectivity index (χ3n) is 4.90. The average molecular weight is 408 g/mol. The van der Waals surface area contributed by atoms with Crippen LogP contribution in [0.2, 0.25) is 22.2 Å². The van der Waals surface area contributed by atoms with Crippen LogP contribution >= 0.6 is 0 Å². The number of benzene rings is 1. The molecule has 0 amide bonds. The second-order valence-corrected chi connectivity index (χ2v) is 16.3. The topological polar surface area (TPSA) is 27.7 Å². The van der Waals surface area contributed by atoms with E-state index in [0.29, 0.717) is 22.2 Å². The van der Waals surface area contributed by atoms with E-state index in [1.54, 1.807) is 7.11 Å². The van der Waals surface area contributed by atoms with E-state index in [2.05, 4.69) is 68.0 Å². The molecule has 0 N–H and O–H groups in total. The monoisotopic (exact) mass is 407 g/mol. The Hall–Kier alpha value is -1.05. The number of ether oxygens (including phenoxy) is 1. The molecule has 0 aliphatic heterocycles. The fourth-order valence-electron chi connectivity index (χ4n) is 3.51. The molecule has 0 fully saturated rings. The molecule has 1 aromatic carbocycles. The summed E-state index contributed by atoms with van der Waals surface area (Å²) in [6.45, 7) is 21.9. The lowest BCUT2D eigenvalue weighted by molar-refractivity contribution is 0.326. The van der Waals surface area contributed by atoms with Crippen molar-refractivity contribution in [1.29, 1.82) is 0 Å². The van der Waals surface area contributed by atoms with Gasteiger partial charge in [-0.05, 0) is 35.2 Å². The quantitative estimate of drug-likeness (QED) is 0.295. The minimum absolute atomic E-state index is 0.340. The lowest BCUT2D eigenvalue weighted by Crippen LogP contribution is -2.55. The van der Waals surface area contributed by atoms with Gasteiger partial charge in [0.1, 0.15) is 5.75 Å². The molecule has 27 heavy (non-hydrogen) atoms. The van der Waals surface area contributed by atoms with E-state index in [9.17, 15) is 0 Å². The van der Waals surface area contributed by atoms with Crippen LogP contribution < -0.4 is 9.16 Å². The van der Waals surface area contributed by atoms with E-state index in [4.69, 9.17) is 13.3 Å². The van der Waals surface area contributed by atoms with Gasteiger partial charge in [-0.1, -0.05) is 67.5 Å². The predicted octanol–water partition coefficient (Wildman–Crippen LogP) is 6.89. The molecule has 0 aromatic heterocycles. The highest BCUT2D eigenvalue weighted by Crippen LogP contribution is 2.41. The summed E-state index contributed by atoms with van der Waals surface area (Å²) in [5.74, 6) is 1.58. The average Bonchev–Trinajstić information content (AvgIpc) is 2.58. The van der Waals surface area contributed by atoms with Crippen molar-refractivity contribution in [3.63, 3.8) is 0 Å². The van der Waals surface area contributed by atoms with Gasteiger partial charge < -0.3 is 13.3 Å². The van der Waals surface area contributed by atoms with Crippen molar-refractivity contribution in [3.8, 4) is 11.5 Å². The van der Waals surface area contributed by atoms with Gasteiger partial charge in [0.05, 0.1) is 7.11 Å². The highest BCUT2D eigenvalue weighted by molar-refractivity contribution is 6.78. The summed E-state index contributed by atoms with van der Waals surface area (Å²) < 4.78 is 19.5. The predicted molar refractivity (Wildman–Crippen MR) is 121 cm³/mol. The number of methoxy groups -OCH3 is 1. The van der Waals surface area contributed by atoms with Crippen LogP contribution in [0.5, 0.6) is 11.5 Å². The second-order valence-electron chi connectivity index (χ2n) is 8.42. The van der Waals surface area contributed by atoms with Gasteiger partial charge in [0.2, 0.25) is 9.04 Å². The van der Waals surface area contributed by atoms with E-state index < -0.39 is 17.6 Å². The summed E-state index contributed by atoms with van der Waals surface area (Å²) in [4.78, 5) is 0. The molecule has 0 saturated heterocycles. The molecule has 0 spiro atoms. The van der Waals surface area contributed by atoms with Crippen molar-refractivity contribution >= 4 is 17.6 Å². The summed E-state index contributed by atoms with van der Waals surface area (Å²) in [5.41, 5.74) is 2.94. The third-order valence-corrected chi connectivity index (χ3v) is 13.2. The van der Waals surface area contributed by atoms with E-state index in [1.807, 2.05) is 18.2 Å². The molecule has 0 saturated carbocycles. The summed E-state index contributed by atoms with van der Waals surface area (Å²) >= 11 is 0. The highest BCUT2D eigenvalue weighted by Gasteiger charge is 2.50. The van der Waals surface area contributed by atoms with Crippen LogP contribution in [0.3, 0.4) is 0 Å². The van der Waals surface area contributed by atoms with Crippen LogP contribution in [-0.2, 0) is 10.5 Å². The zero-order valence-corrected chi connectivity index (χ0v) is 20.8. The Bertz CT molecular complexity index is 581. The number of hydrogen-bond donors (Lipinski definition) is 0. The molecule has 0 bridgehead atoms. The SMILES string of the molecule is C=CCc1ccc(O[Si](O[Si](C(C)C)C(C)C)(C(C)C)C(C)C)c(OC)c1. The van der Waals surface area contributed by atoms with Gasteiger partial charge in [-0.3, -0.25) is 0 Å². The maximum atomic E-state index is 7.01. The molecule has 0 atom stereocenters. The molecule has 153 valence electrons. The Kier molecular flexibility index (Phi) is 9.32. The third kappa shape index (κ3) is 5.96. The maximum absolute atomic E-state index is 7.01. The molecule has 0 aliphatic carbocycles. The molecule has 3 nitrogen and oxygen atoms in total. The summed E-state index contributed by atoms with van der Waals surface area (Å²) in [6, 6.07) is 6.17. The Morgan fingerprint density at radius 1 is 0.963 bits per heavy atom. The van der Waals surface area contributed by atoms with Crippen LogP contribution in [0, 0.1) is 0 Å². The van der Waals surface area contributed by atoms with Crippen molar-refractivity contribution in [1.82, 2.24) is 0 Å². The summed E-state index contributed by atoms with van der Waals surface area (Å²) in [5, 5.41) is 0. The van der Waals surface area contributed by atoms with Crippen LogP contribution in [-0.4, -0.2) is 24.7 Å². The molecule has 1 radical (unpaired) electrons. The van der Waals surface area contributed by atoms with Crippen LogP contribution in [0.25, 0.3) is 0 Å². The van der Waals surface area contributed by atoms with Crippen LogP contribution in [0.15, 0.2) is 30.9 Å². The second kappa shape index (κ2) is 10.5. The number of rotatable bonds is 11. The van der Waals surface area contributed by atoms with Crippen LogP contribution in [0.4, 0.5) is 0 Å². The fraction of sp³-hybridized carbons (Fsp3) is 0.636.